The molecule has 1 atom stereocenters. The normalized spacial score (nSPS) is 18.2. The SMILES string of the molecule is CC(=O)c1cccc(NCC(=O)N2CCC[C@@H]2c2ccc3c(c2)OCCCO3)c1. The number of ether oxygens (including phenoxy) is 2. The van der Waals surface area contributed by atoms with Crippen LogP contribution in [0.2, 0.25) is 0 Å². The highest BCUT2D eigenvalue weighted by Gasteiger charge is 2.30. The predicted octanol–water partition coefficient (Wildman–Crippen LogP) is 3.83. The maximum atomic E-state index is 12.9. The number of amides is 1. The van der Waals surface area contributed by atoms with Crippen molar-refractivity contribution in [2.75, 3.05) is 31.6 Å². The summed E-state index contributed by atoms with van der Waals surface area (Å²) >= 11 is 0. The third-order valence-electron chi connectivity index (χ3n) is 5.44. The van der Waals surface area contributed by atoms with Gasteiger partial charge in [0.2, 0.25) is 5.91 Å². The zero-order chi connectivity index (χ0) is 20.2. The molecule has 0 unspecified atom stereocenters. The van der Waals surface area contributed by atoms with E-state index in [-0.39, 0.29) is 24.3 Å². The minimum Gasteiger partial charge on any atom is -0.490 e. The van der Waals surface area contributed by atoms with Gasteiger partial charge in [-0.3, -0.25) is 9.59 Å². The van der Waals surface area contributed by atoms with E-state index >= 15 is 0 Å². The van der Waals surface area contributed by atoms with E-state index in [1.54, 1.807) is 12.1 Å². The van der Waals surface area contributed by atoms with Crippen molar-refractivity contribution in [2.45, 2.75) is 32.2 Å². The van der Waals surface area contributed by atoms with Crippen LogP contribution in [0.4, 0.5) is 5.69 Å². The van der Waals surface area contributed by atoms with E-state index in [0.717, 1.165) is 48.6 Å². The van der Waals surface area contributed by atoms with Gasteiger partial charge in [0, 0.05) is 24.2 Å². The molecule has 152 valence electrons. The highest BCUT2D eigenvalue weighted by Crippen LogP contribution is 2.37. The number of benzene rings is 2. The number of Topliss-reactive ketones (excluding diaryl/α,β-unsaturated/α-hetero) is 1. The highest BCUT2D eigenvalue weighted by molar-refractivity contribution is 5.95. The lowest BCUT2D eigenvalue weighted by Gasteiger charge is -2.26. The number of fused-ring (bicyclic) bond motifs is 1. The largest absolute Gasteiger partial charge is 0.490 e. The second-order valence-corrected chi connectivity index (χ2v) is 7.49. The molecule has 2 heterocycles. The van der Waals surface area contributed by atoms with Gasteiger partial charge >= 0.3 is 0 Å². The molecule has 0 radical (unpaired) electrons. The Morgan fingerprint density at radius 1 is 1.07 bits per heavy atom. The van der Waals surface area contributed by atoms with E-state index in [1.165, 1.54) is 6.92 Å². The molecular formula is C23H26N2O4. The maximum Gasteiger partial charge on any atom is 0.242 e. The minimum atomic E-state index is 0.00833. The summed E-state index contributed by atoms with van der Waals surface area (Å²) in [4.78, 5) is 26.4. The molecule has 2 aliphatic rings. The van der Waals surface area contributed by atoms with Crippen molar-refractivity contribution < 1.29 is 19.1 Å². The van der Waals surface area contributed by atoms with E-state index < -0.39 is 0 Å². The summed E-state index contributed by atoms with van der Waals surface area (Å²) in [5, 5.41) is 3.16. The summed E-state index contributed by atoms with van der Waals surface area (Å²) in [6.45, 7) is 3.79. The van der Waals surface area contributed by atoms with Crippen LogP contribution in [0.5, 0.6) is 11.5 Å². The molecule has 0 spiro atoms. The second kappa shape index (κ2) is 8.55. The van der Waals surface area contributed by atoms with E-state index in [2.05, 4.69) is 5.32 Å². The lowest BCUT2D eigenvalue weighted by molar-refractivity contribution is -0.130. The van der Waals surface area contributed by atoms with Gasteiger partial charge in [-0.2, -0.15) is 0 Å². The van der Waals surface area contributed by atoms with Gasteiger partial charge in [-0.1, -0.05) is 18.2 Å². The van der Waals surface area contributed by atoms with Crippen LogP contribution in [0.3, 0.4) is 0 Å². The monoisotopic (exact) mass is 394 g/mol. The second-order valence-electron chi connectivity index (χ2n) is 7.49. The van der Waals surface area contributed by atoms with E-state index in [1.807, 2.05) is 35.2 Å². The molecule has 29 heavy (non-hydrogen) atoms. The molecule has 0 saturated carbocycles. The zero-order valence-corrected chi connectivity index (χ0v) is 16.6. The molecular weight excluding hydrogens is 368 g/mol. The van der Waals surface area contributed by atoms with Gasteiger partial charge in [-0.15, -0.1) is 0 Å². The minimum absolute atomic E-state index is 0.00833. The number of rotatable bonds is 5. The van der Waals surface area contributed by atoms with Crippen molar-refractivity contribution in [3.63, 3.8) is 0 Å². The summed E-state index contributed by atoms with van der Waals surface area (Å²) in [6.07, 6.45) is 2.78. The zero-order valence-electron chi connectivity index (χ0n) is 16.6. The van der Waals surface area contributed by atoms with Crippen molar-refractivity contribution in [2.24, 2.45) is 0 Å². The van der Waals surface area contributed by atoms with Gasteiger partial charge in [0.25, 0.3) is 0 Å². The molecule has 1 amide bonds. The topological polar surface area (TPSA) is 67.9 Å². The number of carbonyl (C=O) groups excluding carboxylic acids is 2. The predicted molar refractivity (Wildman–Crippen MR) is 111 cm³/mol. The van der Waals surface area contributed by atoms with E-state index in [4.69, 9.17) is 9.47 Å². The fourth-order valence-corrected chi connectivity index (χ4v) is 3.93. The van der Waals surface area contributed by atoms with Crippen molar-refractivity contribution >= 4 is 17.4 Å². The number of ketones is 1. The van der Waals surface area contributed by atoms with Gasteiger partial charge in [0.15, 0.2) is 17.3 Å². The Hall–Kier alpha value is -3.02. The fraction of sp³-hybridized carbons (Fsp3) is 0.391. The van der Waals surface area contributed by atoms with Crippen LogP contribution in [-0.4, -0.2) is 42.9 Å². The Morgan fingerprint density at radius 3 is 2.72 bits per heavy atom. The third kappa shape index (κ3) is 4.36. The van der Waals surface area contributed by atoms with Gasteiger partial charge in [-0.25, -0.2) is 0 Å². The number of hydrogen-bond acceptors (Lipinski definition) is 5. The van der Waals surface area contributed by atoms with Crippen molar-refractivity contribution in [1.82, 2.24) is 4.90 Å². The molecule has 0 aromatic heterocycles. The molecule has 1 fully saturated rings. The quantitative estimate of drug-likeness (QED) is 0.781. The van der Waals surface area contributed by atoms with Gasteiger partial charge in [0.05, 0.1) is 25.8 Å². The molecule has 6 heteroatoms. The number of hydrogen-bond donors (Lipinski definition) is 1. The highest BCUT2D eigenvalue weighted by atomic mass is 16.5. The van der Waals surface area contributed by atoms with Crippen LogP contribution >= 0.6 is 0 Å². The number of anilines is 1. The molecule has 0 bridgehead atoms. The molecule has 2 aliphatic heterocycles. The number of nitrogens with one attached hydrogen (secondary N) is 1. The van der Waals surface area contributed by atoms with Crippen LogP contribution < -0.4 is 14.8 Å². The fourth-order valence-electron chi connectivity index (χ4n) is 3.93. The maximum absolute atomic E-state index is 12.9. The molecule has 4 rings (SSSR count). The molecule has 1 saturated heterocycles. The van der Waals surface area contributed by atoms with Gasteiger partial charge in [0.1, 0.15) is 0 Å². The summed E-state index contributed by atoms with van der Waals surface area (Å²) in [7, 11) is 0. The Labute approximate surface area is 170 Å². The third-order valence-corrected chi connectivity index (χ3v) is 5.44. The number of carbonyl (C=O) groups is 2. The smallest absolute Gasteiger partial charge is 0.242 e. The lowest BCUT2D eigenvalue weighted by atomic mass is 10.0. The van der Waals surface area contributed by atoms with Crippen LogP contribution in [0.15, 0.2) is 42.5 Å². The first kappa shape index (κ1) is 19.3. The molecule has 6 nitrogen and oxygen atoms in total. The van der Waals surface area contributed by atoms with Crippen molar-refractivity contribution in [3.05, 3.63) is 53.6 Å². The average Bonchev–Trinajstić information content (AvgIpc) is 3.11. The summed E-state index contributed by atoms with van der Waals surface area (Å²) in [6, 6.07) is 13.3. The molecule has 1 N–H and O–H groups in total. The van der Waals surface area contributed by atoms with Crippen molar-refractivity contribution in [3.8, 4) is 11.5 Å². The van der Waals surface area contributed by atoms with E-state index in [0.29, 0.717) is 18.8 Å². The molecule has 2 aromatic carbocycles. The van der Waals surface area contributed by atoms with Crippen LogP contribution in [-0.2, 0) is 4.79 Å². The first-order valence-corrected chi connectivity index (χ1v) is 10.2. The Kier molecular flexibility index (Phi) is 5.69. The van der Waals surface area contributed by atoms with Crippen LogP contribution in [0.25, 0.3) is 0 Å². The molecule has 2 aromatic rings. The van der Waals surface area contributed by atoms with Crippen LogP contribution in [0, 0.1) is 0 Å². The standard InChI is InChI=1S/C23H26N2O4/c1-16(26)17-5-2-6-19(13-17)24-15-23(27)25-10-3-7-20(25)18-8-9-21-22(14-18)29-12-4-11-28-21/h2,5-6,8-9,13-14,20,24H,3-4,7,10-12,15H2,1H3/t20-/m1/s1. The lowest BCUT2D eigenvalue weighted by Crippen LogP contribution is -2.35. The summed E-state index contributed by atoms with van der Waals surface area (Å²) in [5.74, 6) is 1.59. The summed E-state index contributed by atoms with van der Waals surface area (Å²) < 4.78 is 11.5. The molecule has 0 aliphatic carbocycles. The van der Waals surface area contributed by atoms with Crippen LogP contribution in [0.1, 0.15) is 48.1 Å². The number of nitrogens with zero attached hydrogens (tertiary/aromatic N) is 1. The van der Waals surface area contributed by atoms with E-state index in [9.17, 15) is 9.59 Å². The number of likely N-dealkylation sites (tertiary alicyclic amines) is 1. The van der Waals surface area contributed by atoms with Gasteiger partial charge < -0.3 is 19.7 Å². The average molecular weight is 394 g/mol. The first-order valence-electron chi connectivity index (χ1n) is 10.2. The van der Waals surface area contributed by atoms with Crippen molar-refractivity contribution in [1.29, 1.82) is 0 Å². The first-order chi connectivity index (χ1) is 14.1. The Morgan fingerprint density at radius 2 is 1.90 bits per heavy atom. The Bertz CT molecular complexity index is 912. The van der Waals surface area contributed by atoms with Gasteiger partial charge in [-0.05, 0) is 49.6 Å². The Balaban J connectivity index is 1.44. The summed E-state index contributed by atoms with van der Waals surface area (Å²) in [5.41, 5.74) is 2.49.